The Labute approximate surface area is 124 Å². The van der Waals surface area contributed by atoms with Crippen LogP contribution in [0.2, 0.25) is 0 Å². The minimum atomic E-state index is -0.0977. The third-order valence-electron chi connectivity index (χ3n) is 3.93. The monoisotopic (exact) mass is 284 g/mol. The van der Waals surface area contributed by atoms with Crippen molar-refractivity contribution in [1.82, 2.24) is 10.4 Å². The predicted molar refractivity (Wildman–Crippen MR) is 83.4 cm³/mol. The number of hydrazine groups is 1. The molecule has 4 heteroatoms. The van der Waals surface area contributed by atoms with Crippen molar-refractivity contribution in [2.75, 3.05) is 20.2 Å². The lowest BCUT2D eigenvalue weighted by Crippen LogP contribution is -2.45. The number of hydrogen-bond donors (Lipinski definition) is 1. The quantitative estimate of drug-likeness (QED) is 0.942. The fraction of sp³-hybridized carbons (Fsp3) is 0.353. The van der Waals surface area contributed by atoms with Gasteiger partial charge in [-0.25, -0.2) is 5.01 Å². The standard InChI is InChI=1S/C17H20N2O2/c1-21-16-12-14-8-4-3-7-13(14)11-15(16)17(20)18-19-9-5-2-6-10-19/h3-4,7-8,11-12H,2,5-6,9-10H2,1H3,(H,18,20). The summed E-state index contributed by atoms with van der Waals surface area (Å²) in [4.78, 5) is 12.5. The highest BCUT2D eigenvalue weighted by atomic mass is 16.5. The average molecular weight is 284 g/mol. The maximum absolute atomic E-state index is 12.5. The van der Waals surface area contributed by atoms with E-state index in [0.29, 0.717) is 11.3 Å². The van der Waals surface area contributed by atoms with Crippen LogP contribution in [0, 0.1) is 0 Å². The first-order valence-electron chi connectivity index (χ1n) is 7.40. The molecule has 0 saturated carbocycles. The second kappa shape index (κ2) is 6.14. The number of hydrogen-bond acceptors (Lipinski definition) is 3. The molecule has 4 nitrogen and oxygen atoms in total. The van der Waals surface area contributed by atoms with Gasteiger partial charge in [0.25, 0.3) is 5.91 Å². The van der Waals surface area contributed by atoms with E-state index in [1.54, 1.807) is 7.11 Å². The molecule has 2 aromatic carbocycles. The number of rotatable bonds is 3. The molecule has 1 amide bonds. The third kappa shape index (κ3) is 3.00. The molecule has 0 bridgehead atoms. The summed E-state index contributed by atoms with van der Waals surface area (Å²) in [5.41, 5.74) is 3.57. The van der Waals surface area contributed by atoms with Crippen molar-refractivity contribution in [3.8, 4) is 5.75 Å². The summed E-state index contributed by atoms with van der Waals surface area (Å²) < 4.78 is 5.38. The number of ether oxygens (including phenoxy) is 1. The molecule has 0 spiro atoms. The molecule has 0 atom stereocenters. The molecule has 0 aliphatic carbocycles. The van der Waals surface area contributed by atoms with Crippen molar-refractivity contribution in [1.29, 1.82) is 0 Å². The highest BCUT2D eigenvalue weighted by Gasteiger charge is 2.17. The van der Waals surface area contributed by atoms with Gasteiger partial charge in [0.1, 0.15) is 5.75 Å². The Morgan fingerprint density at radius 2 is 1.76 bits per heavy atom. The van der Waals surface area contributed by atoms with Gasteiger partial charge in [0, 0.05) is 13.1 Å². The van der Waals surface area contributed by atoms with Gasteiger partial charge in [-0.15, -0.1) is 0 Å². The number of nitrogens with zero attached hydrogens (tertiary/aromatic N) is 1. The Hall–Kier alpha value is -2.07. The van der Waals surface area contributed by atoms with Crippen LogP contribution in [0.4, 0.5) is 0 Å². The van der Waals surface area contributed by atoms with Crippen LogP contribution in [0.1, 0.15) is 29.6 Å². The van der Waals surface area contributed by atoms with Crippen LogP contribution in [0.15, 0.2) is 36.4 Å². The predicted octanol–water partition coefficient (Wildman–Crippen LogP) is 2.98. The Kier molecular flexibility index (Phi) is 4.06. The Morgan fingerprint density at radius 1 is 1.10 bits per heavy atom. The van der Waals surface area contributed by atoms with Crippen LogP contribution >= 0.6 is 0 Å². The summed E-state index contributed by atoms with van der Waals surface area (Å²) in [6, 6.07) is 11.8. The molecule has 3 rings (SSSR count). The molecule has 2 aromatic rings. The summed E-state index contributed by atoms with van der Waals surface area (Å²) in [6.07, 6.45) is 3.51. The smallest absolute Gasteiger partial charge is 0.269 e. The maximum Gasteiger partial charge on any atom is 0.269 e. The zero-order valence-corrected chi connectivity index (χ0v) is 12.3. The minimum Gasteiger partial charge on any atom is -0.496 e. The molecule has 1 heterocycles. The number of fused-ring (bicyclic) bond motifs is 1. The second-order valence-electron chi connectivity index (χ2n) is 5.39. The molecule has 0 aromatic heterocycles. The molecule has 1 aliphatic heterocycles. The van der Waals surface area contributed by atoms with E-state index in [2.05, 4.69) is 5.43 Å². The van der Waals surface area contributed by atoms with Crippen molar-refractivity contribution >= 4 is 16.7 Å². The first kappa shape index (κ1) is 13.9. The summed E-state index contributed by atoms with van der Waals surface area (Å²) in [7, 11) is 1.60. The zero-order valence-electron chi connectivity index (χ0n) is 12.3. The highest BCUT2D eigenvalue weighted by Crippen LogP contribution is 2.26. The lowest BCUT2D eigenvalue weighted by atomic mass is 10.1. The van der Waals surface area contributed by atoms with Gasteiger partial charge in [-0.1, -0.05) is 30.7 Å². The number of benzene rings is 2. The number of nitrogens with one attached hydrogen (secondary N) is 1. The van der Waals surface area contributed by atoms with Crippen molar-refractivity contribution in [2.45, 2.75) is 19.3 Å². The molecule has 0 unspecified atom stereocenters. The Bertz CT molecular complexity index is 648. The minimum absolute atomic E-state index is 0.0977. The molecular formula is C17H20N2O2. The molecular weight excluding hydrogens is 264 g/mol. The van der Waals surface area contributed by atoms with Crippen molar-refractivity contribution in [2.24, 2.45) is 0 Å². The molecule has 1 saturated heterocycles. The molecule has 21 heavy (non-hydrogen) atoms. The van der Waals surface area contributed by atoms with E-state index in [1.165, 1.54) is 6.42 Å². The number of carbonyl (C=O) groups excluding carboxylic acids is 1. The van der Waals surface area contributed by atoms with Gasteiger partial charge in [-0.2, -0.15) is 0 Å². The maximum atomic E-state index is 12.5. The normalized spacial score (nSPS) is 15.9. The van der Waals surface area contributed by atoms with E-state index >= 15 is 0 Å². The van der Waals surface area contributed by atoms with Crippen molar-refractivity contribution in [3.63, 3.8) is 0 Å². The highest BCUT2D eigenvalue weighted by molar-refractivity contribution is 6.01. The lowest BCUT2D eigenvalue weighted by molar-refractivity contribution is 0.0747. The van der Waals surface area contributed by atoms with Gasteiger partial charge in [0.15, 0.2) is 0 Å². The van der Waals surface area contributed by atoms with E-state index in [-0.39, 0.29) is 5.91 Å². The van der Waals surface area contributed by atoms with Gasteiger partial charge in [0.2, 0.25) is 0 Å². The van der Waals surface area contributed by atoms with E-state index in [0.717, 1.165) is 36.7 Å². The van der Waals surface area contributed by atoms with Gasteiger partial charge < -0.3 is 4.74 Å². The second-order valence-corrected chi connectivity index (χ2v) is 5.39. The molecule has 0 radical (unpaired) electrons. The van der Waals surface area contributed by atoms with Gasteiger partial charge in [0.05, 0.1) is 12.7 Å². The number of piperidine rings is 1. The summed E-state index contributed by atoms with van der Waals surface area (Å²) in [6.45, 7) is 1.84. The molecule has 1 N–H and O–H groups in total. The fourth-order valence-electron chi connectivity index (χ4n) is 2.78. The zero-order chi connectivity index (χ0) is 14.7. The number of carbonyl (C=O) groups is 1. The first-order valence-corrected chi connectivity index (χ1v) is 7.40. The number of methoxy groups -OCH3 is 1. The third-order valence-corrected chi connectivity index (χ3v) is 3.93. The molecule has 1 fully saturated rings. The average Bonchev–Trinajstić information content (AvgIpc) is 2.54. The first-order chi connectivity index (χ1) is 10.3. The van der Waals surface area contributed by atoms with Gasteiger partial charge in [-0.3, -0.25) is 10.2 Å². The Morgan fingerprint density at radius 3 is 2.43 bits per heavy atom. The van der Waals surface area contributed by atoms with Crippen LogP contribution in [0.5, 0.6) is 5.75 Å². The molecule has 1 aliphatic rings. The van der Waals surface area contributed by atoms with E-state index in [1.807, 2.05) is 41.4 Å². The van der Waals surface area contributed by atoms with Crippen LogP contribution in [-0.2, 0) is 0 Å². The van der Waals surface area contributed by atoms with Crippen molar-refractivity contribution < 1.29 is 9.53 Å². The van der Waals surface area contributed by atoms with Gasteiger partial charge >= 0.3 is 0 Å². The van der Waals surface area contributed by atoms with Crippen LogP contribution in [0.25, 0.3) is 10.8 Å². The van der Waals surface area contributed by atoms with Crippen LogP contribution in [-0.4, -0.2) is 31.1 Å². The van der Waals surface area contributed by atoms with E-state index in [9.17, 15) is 4.79 Å². The lowest BCUT2D eigenvalue weighted by Gasteiger charge is -2.27. The molecule has 110 valence electrons. The number of amides is 1. The van der Waals surface area contributed by atoms with Crippen LogP contribution in [0.3, 0.4) is 0 Å². The topological polar surface area (TPSA) is 41.6 Å². The Balaban J connectivity index is 1.88. The van der Waals surface area contributed by atoms with E-state index in [4.69, 9.17) is 4.74 Å². The van der Waals surface area contributed by atoms with Crippen molar-refractivity contribution in [3.05, 3.63) is 42.0 Å². The summed E-state index contributed by atoms with van der Waals surface area (Å²) >= 11 is 0. The van der Waals surface area contributed by atoms with E-state index < -0.39 is 0 Å². The van der Waals surface area contributed by atoms with Gasteiger partial charge in [-0.05, 0) is 35.7 Å². The van der Waals surface area contributed by atoms with Crippen LogP contribution < -0.4 is 10.2 Å². The summed E-state index contributed by atoms with van der Waals surface area (Å²) in [5, 5.41) is 4.12. The SMILES string of the molecule is COc1cc2ccccc2cc1C(=O)NN1CCCCC1. The summed E-state index contributed by atoms with van der Waals surface area (Å²) in [5.74, 6) is 0.516. The largest absolute Gasteiger partial charge is 0.496 e. The fourth-order valence-corrected chi connectivity index (χ4v) is 2.78.